The minimum atomic E-state index is 0.147. The fraction of sp³-hybridized carbons (Fsp3) is 0.143. The number of hydrogen-bond donors (Lipinski definition) is 2. The summed E-state index contributed by atoms with van der Waals surface area (Å²) in [5.41, 5.74) is 2.07. The summed E-state index contributed by atoms with van der Waals surface area (Å²) in [6.07, 6.45) is 0. The number of anilines is 1. The third-order valence-corrected chi connectivity index (χ3v) is 3.84. The van der Waals surface area contributed by atoms with Crippen LogP contribution >= 0.6 is 31.9 Å². The third kappa shape index (κ3) is 3.27. The Bertz CT molecular complexity index is 557. The fourth-order valence-corrected chi connectivity index (χ4v) is 3.17. The molecule has 0 fully saturated rings. The summed E-state index contributed by atoms with van der Waals surface area (Å²) < 4.78 is 2.10. The zero-order valence-corrected chi connectivity index (χ0v) is 13.0. The van der Waals surface area contributed by atoms with Gasteiger partial charge in [-0.3, -0.25) is 0 Å². The van der Waals surface area contributed by atoms with Gasteiger partial charge in [0.1, 0.15) is 5.75 Å². The molecule has 0 bridgehead atoms. The van der Waals surface area contributed by atoms with Gasteiger partial charge in [-0.15, -0.1) is 0 Å². The lowest BCUT2D eigenvalue weighted by Crippen LogP contribution is -2.07. The molecule has 0 aliphatic rings. The minimum Gasteiger partial charge on any atom is -0.508 e. The molecule has 0 heterocycles. The molecule has 94 valence electrons. The van der Waals surface area contributed by atoms with E-state index in [2.05, 4.69) is 50.2 Å². The SMILES string of the molecule is CC(Nc1cccc(O)c1)c1ccc(Br)cc1Br. The Morgan fingerprint density at radius 2 is 1.89 bits per heavy atom. The molecule has 0 saturated heterocycles. The van der Waals surface area contributed by atoms with E-state index >= 15 is 0 Å². The standard InChI is InChI=1S/C14H13Br2NO/c1-9(13-6-5-10(15)7-14(13)16)17-11-3-2-4-12(18)8-11/h2-9,17-18H,1H3. The average Bonchev–Trinajstić information content (AvgIpc) is 2.28. The molecule has 0 aliphatic heterocycles. The van der Waals surface area contributed by atoms with Gasteiger partial charge in [-0.2, -0.15) is 0 Å². The molecular formula is C14H13Br2NO. The highest BCUT2D eigenvalue weighted by atomic mass is 79.9. The first-order valence-electron chi connectivity index (χ1n) is 5.57. The highest BCUT2D eigenvalue weighted by Gasteiger charge is 2.09. The molecule has 0 saturated carbocycles. The quantitative estimate of drug-likeness (QED) is 0.788. The number of phenols is 1. The second-order valence-corrected chi connectivity index (χ2v) is 5.85. The van der Waals surface area contributed by atoms with Crippen molar-refractivity contribution in [3.05, 3.63) is 57.0 Å². The molecule has 0 spiro atoms. The Morgan fingerprint density at radius 1 is 1.11 bits per heavy atom. The second kappa shape index (κ2) is 5.76. The largest absolute Gasteiger partial charge is 0.508 e. The van der Waals surface area contributed by atoms with Crippen molar-refractivity contribution in [3.63, 3.8) is 0 Å². The predicted octanol–water partition coefficient (Wildman–Crippen LogP) is 5.09. The van der Waals surface area contributed by atoms with Crippen LogP contribution in [-0.2, 0) is 0 Å². The molecule has 4 heteroatoms. The Morgan fingerprint density at radius 3 is 2.56 bits per heavy atom. The Labute approximate surface area is 123 Å². The van der Waals surface area contributed by atoms with Crippen LogP contribution in [0.25, 0.3) is 0 Å². The molecule has 1 atom stereocenters. The van der Waals surface area contributed by atoms with Gasteiger partial charge < -0.3 is 10.4 Å². The number of halogens is 2. The number of nitrogens with one attached hydrogen (secondary N) is 1. The zero-order valence-electron chi connectivity index (χ0n) is 9.82. The molecule has 2 rings (SSSR count). The molecule has 0 amide bonds. The van der Waals surface area contributed by atoms with Crippen molar-refractivity contribution in [2.75, 3.05) is 5.32 Å². The summed E-state index contributed by atoms with van der Waals surface area (Å²) in [4.78, 5) is 0. The highest BCUT2D eigenvalue weighted by molar-refractivity contribution is 9.11. The average molecular weight is 371 g/mol. The maximum absolute atomic E-state index is 9.43. The lowest BCUT2D eigenvalue weighted by atomic mass is 10.1. The molecule has 0 aliphatic carbocycles. The van der Waals surface area contributed by atoms with Crippen LogP contribution in [0.5, 0.6) is 5.75 Å². The van der Waals surface area contributed by atoms with Gasteiger partial charge >= 0.3 is 0 Å². The molecule has 0 radical (unpaired) electrons. The van der Waals surface area contributed by atoms with Crippen LogP contribution in [-0.4, -0.2) is 5.11 Å². The first-order valence-corrected chi connectivity index (χ1v) is 7.15. The van der Waals surface area contributed by atoms with E-state index in [0.717, 1.165) is 14.6 Å². The lowest BCUT2D eigenvalue weighted by Gasteiger charge is -2.17. The van der Waals surface area contributed by atoms with Crippen LogP contribution in [0.4, 0.5) is 5.69 Å². The normalized spacial score (nSPS) is 12.2. The van der Waals surface area contributed by atoms with Gasteiger partial charge in [-0.05, 0) is 36.8 Å². The summed E-state index contributed by atoms with van der Waals surface area (Å²) in [5.74, 6) is 0.266. The summed E-state index contributed by atoms with van der Waals surface area (Å²) in [5, 5.41) is 12.8. The maximum atomic E-state index is 9.43. The van der Waals surface area contributed by atoms with Crippen LogP contribution in [0.15, 0.2) is 51.4 Å². The fourth-order valence-electron chi connectivity index (χ4n) is 1.78. The van der Waals surface area contributed by atoms with Crippen LogP contribution in [0.3, 0.4) is 0 Å². The smallest absolute Gasteiger partial charge is 0.117 e. The van der Waals surface area contributed by atoms with Gasteiger partial charge in [0.25, 0.3) is 0 Å². The second-order valence-electron chi connectivity index (χ2n) is 4.08. The van der Waals surface area contributed by atoms with Crippen molar-refractivity contribution >= 4 is 37.5 Å². The maximum Gasteiger partial charge on any atom is 0.117 e. The monoisotopic (exact) mass is 369 g/mol. The Hall–Kier alpha value is -1.000. The summed E-state index contributed by atoms with van der Waals surface area (Å²) in [6, 6.07) is 13.4. The first-order chi connectivity index (χ1) is 8.56. The molecular weight excluding hydrogens is 358 g/mol. The number of aromatic hydroxyl groups is 1. The lowest BCUT2D eigenvalue weighted by molar-refractivity contribution is 0.475. The van der Waals surface area contributed by atoms with Crippen LogP contribution < -0.4 is 5.32 Å². The molecule has 18 heavy (non-hydrogen) atoms. The Kier molecular flexibility index (Phi) is 4.30. The van der Waals surface area contributed by atoms with E-state index in [1.54, 1.807) is 12.1 Å². The molecule has 2 aromatic carbocycles. The van der Waals surface area contributed by atoms with E-state index < -0.39 is 0 Å². The first kappa shape index (κ1) is 13.4. The van der Waals surface area contributed by atoms with Crippen molar-refractivity contribution in [3.8, 4) is 5.75 Å². The van der Waals surface area contributed by atoms with Gasteiger partial charge in [0.2, 0.25) is 0 Å². The number of benzene rings is 2. The molecule has 0 aromatic heterocycles. The highest BCUT2D eigenvalue weighted by Crippen LogP contribution is 2.29. The van der Waals surface area contributed by atoms with E-state index in [-0.39, 0.29) is 11.8 Å². The summed E-state index contributed by atoms with van der Waals surface area (Å²) in [6.45, 7) is 2.08. The molecule has 1 unspecified atom stereocenters. The van der Waals surface area contributed by atoms with Crippen LogP contribution in [0.2, 0.25) is 0 Å². The number of rotatable bonds is 3. The van der Waals surface area contributed by atoms with E-state index in [1.807, 2.05) is 24.3 Å². The van der Waals surface area contributed by atoms with Crippen molar-refractivity contribution in [1.29, 1.82) is 0 Å². The topological polar surface area (TPSA) is 32.3 Å². The molecule has 2 nitrogen and oxygen atoms in total. The van der Waals surface area contributed by atoms with Crippen molar-refractivity contribution < 1.29 is 5.11 Å². The zero-order chi connectivity index (χ0) is 13.1. The molecule has 2 N–H and O–H groups in total. The van der Waals surface area contributed by atoms with E-state index in [0.29, 0.717) is 0 Å². The van der Waals surface area contributed by atoms with Gasteiger partial charge in [-0.1, -0.05) is 44.0 Å². The summed E-state index contributed by atoms with van der Waals surface area (Å²) in [7, 11) is 0. The van der Waals surface area contributed by atoms with E-state index in [1.165, 1.54) is 5.56 Å². The van der Waals surface area contributed by atoms with E-state index in [9.17, 15) is 5.11 Å². The minimum absolute atomic E-state index is 0.147. The number of hydrogen-bond acceptors (Lipinski definition) is 2. The van der Waals surface area contributed by atoms with E-state index in [4.69, 9.17) is 0 Å². The van der Waals surface area contributed by atoms with Gasteiger partial charge in [0.05, 0.1) is 0 Å². The molecule has 2 aromatic rings. The van der Waals surface area contributed by atoms with Gasteiger partial charge in [0, 0.05) is 26.7 Å². The summed E-state index contributed by atoms with van der Waals surface area (Å²) >= 11 is 6.99. The predicted molar refractivity (Wildman–Crippen MR) is 82.0 cm³/mol. The van der Waals surface area contributed by atoms with Crippen molar-refractivity contribution in [2.45, 2.75) is 13.0 Å². The third-order valence-electron chi connectivity index (χ3n) is 2.66. The van der Waals surface area contributed by atoms with Crippen molar-refractivity contribution in [2.24, 2.45) is 0 Å². The number of phenolic OH excluding ortho intramolecular Hbond substituents is 1. The van der Waals surface area contributed by atoms with Gasteiger partial charge in [0.15, 0.2) is 0 Å². The van der Waals surface area contributed by atoms with Crippen LogP contribution in [0.1, 0.15) is 18.5 Å². The van der Waals surface area contributed by atoms with Crippen LogP contribution in [0, 0.1) is 0 Å². The Balaban J connectivity index is 2.19. The van der Waals surface area contributed by atoms with Crippen molar-refractivity contribution in [1.82, 2.24) is 0 Å². The van der Waals surface area contributed by atoms with Gasteiger partial charge in [-0.25, -0.2) is 0 Å².